The Morgan fingerprint density at radius 2 is 2.14 bits per heavy atom. The van der Waals surface area contributed by atoms with Crippen LogP contribution in [0.5, 0.6) is 5.75 Å². The molecule has 0 radical (unpaired) electrons. The van der Waals surface area contributed by atoms with Gasteiger partial charge in [0.15, 0.2) is 6.61 Å². The zero-order valence-electron chi connectivity index (χ0n) is 12.5. The molecule has 0 saturated heterocycles. The summed E-state index contributed by atoms with van der Waals surface area (Å²) in [5.74, 6) is 0.310. The van der Waals surface area contributed by atoms with Gasteiger partial charge in [-0.15, -0.1) is 0 Å². The molecule has 1 aromatic carbocycles. The van der Waals surface area contributed by atoms with Crippen LogP contribution in [-0.4, -0.2) is 24.6 Å². The van der Waals surface area contributed by atoms with E-state index in [4.69, 9.17) is 10.00 Å². The summed E-state index contributed by atoms with van der Waals surface area (Å²) in [6.07, 6.45) is 0. The third-order valence-corrected chi connectivity index (χ3v) is 3.33. The van der Waals surface area contributed by atoms with E-state index in [0.717, 1.165) is 10.0 Å². The van der Waals surface area contributed by atoms with Crippen LogP contribution in [0.2, 0.25) is 0 Å². The van der Waals surface area contributed by atoms with Gasteiger partial charge >= 0.3 is 0 Å². The number of benzene rings is 1. The SMILES string of the molecule is CC(C)(C)NCc1cc(OCC(=O)NCC#N)ccc1Br. The minimum absolute atomic E-state index is 0.0106. The molecule has 5 nitrogen and oxygen atoms in total. The fraction of sp³-hybridized carbons (Fsp3) is 0.467. The molecular weight excluding hydrogens is 334 g/mol. The van der Waals surface area contributed by atoms with Crippen molar-refractivity contribution in [2.45, 2.75) is 32.9 Å². The molecule has 0 heterocycles. The number of halogens is 1. The van der Waals surface area contributed by atoms with Crippen molar-refractivity contribution in [3.63, 3.8) is 0 Å². The maximum atomic E-state index is 11.4. The van der Waals surface area contributed by atoms with Gasteiger partial charge in [0.2, 0.25) is 0 Å². The minimum atomic E-state index is -0.311. The van der Waals surface area contributed by atoms with Crippen LogP contribution in [-0.2, 0) is 11.3 Å². The van der Waals surface area contributed by atoms with Crippen molar-refractivity contribution in [1.82, 2.24) is 10.6 Å². The third kappa shape index (κ3) is 7.11. The predicted molar refractivity (Wildman–Crippen MR) is 84.9 cm³/mol. The van der Waals surface area contributed by atoms with Crippen LogP contribution < -0.4 is 15.4 Å². The number of hydrogen-bond donors (Lipinski definition) is 2. The molecule has 1 aromatic rings. The maximum Gasteiger partial charge on any atom is 0.258 e. The third-order valence-electron chi connectivity index (χ3n) is 2.56. The Labute approximate surface area is 133 Å². The second-order valence-corrected chi connectivity index (χ2v) is 6.43. The highest BCUT2D eigenvalue weighted by atomic mass is 79.9. The Kier molecular flexibility index (Phi) is 6.66. The number of nitriles is 1. The van der Waals surface area contributed by atoms with E-state index in [2.05, 4.69) is 47.3 Å². The van der Waals surface area contributed by atoms with Crippen LogP contribution in [0.25, 0.3) is 0 Å². The van der Waals surface area contributed by atoms with Gasteiger partial charge in [-0.1, -0.05) is 15.9 Å². The number of nitrogens with zero attached hydrogens (tertiary/aromatic N) is 1. The van der Waals surface area contributed by atoms with E-state index in [1.54, 1.807) is 6.07 Å². The first-order chi connectivity index (χ1) is 9.81. The van der Waals surface area contributed by atoms with Gasteiger partial charge in [0.25, 0.3) is 5.91 Å². The van der Waals surface area contributed by atoms with Crippen LogP contribution in [0.15, 0.2) is 22.7 Å². The first-order valence-corrected chi connectivity index (χ1v) is 7.41. The Balaban J connectivity index is 2.60. The van der Waals surface area contributed by atoms with E-state index in [1.807, 2.05) is 18.2 Å². The number of amides is 1. The number of nitrogens with one attached hydrogen (secondary N) is 2. The van der Waals surface area contributed by atoms with Crippen LogP contribution >= 0.6 is 15.9 Å². The lowest BCUT2D eigenvalue weighted by molar-refractivity contribution is -0.122. The smallest absolute Gasteiger partial charge is 0.258 e. The topological polar surface area (TPSA) is 74.2 Å². The van der Waals surface area contributed by atoms with Crippen molar-refractivity contribution in [1.29, 1.82) is 5.26 Å². The zero-order valence-corrected chi connectivity index (χ0v) is 14.1. The second-order valence-electron chi connectivity index (χ2n) is 5.58. The molecule has 0 aliphatic heterocycles. The van der Waals surface area contributed by atoms with Crippen molar-refractivity contribution in [2.24, 2.45) is 0 Å². The molecule has 21 heavy (non-hydrogen) atoms. The van der Waals surface area contributed by atoms with Crippen LogP contribution in [0.3, 0.4) is 0 Å². The summed E-state index contributed by atoms with van der Waals surface area (Å²) in [5.41, 5.74) is 1.08. The summed E-state index contributed by atoms with van der Waals surface area (Å²) in [6, 6.07) is 7.42. The molecule has 0 saturated carbocycles. The van der Waals surface area contributed by atoms with Gasteiger partial charge in [0.1, 0.15) is 12.3 Å². The summed E-state index contributed by atoms with van der Waals surface area (Å²) >= 11 is 3.50. The molecule has 0 aliphatic carbocycles. The van der Waals surface area contributed by atoms with Gasteiger partial charge in [0.05, 0.1) is 6.07 Å². The highest BCUT2D eigenvalue weighted by Gasteiger charge is 2.11. The molecule has 1 rings (SSSR count). The number of hydrogen-bond acceptors (Lipinski definition) is 4. The molecule has 0 aliphatic rings. The Morgan fingerprint density at radius 3 is 2.76 bits per heavy atom. The van der Waals surface area contributed by atoms with E-state index in [9.17, 15) is 4.79 Å². The van der Waals surface area contributed by atoms with Crippen molar-refractivity contribution in [3.8, 4) is 11.8 Å². The summed E-state index contributed by atoms with van der Waals surface area (Å²) < 4.78 is 6.41. The predicted octanol–water partition coefficient (Wildman–Crippen LogP) is 2.36. The molecule has 0 aromatic heterocycles. The average molecular weight is 354 g/mol. The lowest BCUT2D eigenvalue weighted by Crippen LogP contribution is -2.35. The van der Waals surface area contributed by atoms with E-state index in [1.165, 1.54) is 0 Å². The number of ether oxygens (including phenoxy) is 1. The van der Waals surface area contributed by atoms with E-state index < -0.39 is 0 Å². The van der Waals surface area contributed by atoms with Crippen molar-refractivity contribution in [2.75, 3.05) is 13.2 Å². The summed E-state index contributed by atoms with van der Waals surface area (Å²) in [6.45, 7) is 6.88. The van der Waals surface area contributed by atoms with Gasteiger partial charge < -0.3 is 15.4 Å². The van der Waals surface area contributed by atoms with Crippen LogP contribution in [0.4, 0.5) is 0 Å². The summed E-state index contributed by atoms with van der Waals surface area (Å²) in [4.78, 5) is 11.4. The molecule has 0 atom stereocenters. The molecule has 114 valence electrons. The highest BCUT2D eigenvalue weighted by Crippen LogP contribution is 2.23. The molecule has 0 bridgehead atoms. The summed E-state index contributed by atoms with van der Waals surface area (Å²) in [7, 11) is 0. The van der Waals surface area contributed by atoms with Crippen molar-refractivity contribution >= 4 is 21.8 Å². The number of carbonyl (C=O) groups is 1. The Bertz CT molecular complexity index is 533. The second kappa shape index (κ2) is 8.01. The van der Waals surface area contributed by atoms with Crippen molar-refractivity contribution in [3.05, 3.63) is 28.2 Å². The summed E-state index contributed by atoms with van der Waals surface area (Å²) in [5, 5.41) is 14.2. The van der Waals surface area contributed by atoms with Gasteiger partial charge in [-0.25, -0.2) is 0 Å². The molecule has 1 amide bonds. The minimum Gasteiger partial charge on any atom is -0.484 e. The number of rotatable bonds is 6. The van der Waals surface area contributed by atoms with E-state index in [-0.39, 0.29) is 24.6 Å². The molecular formula is C15H20BrN3O2. The van der Waals surface area contributed by atoms with Gasteiger partial charge in [0, 0.05) is 16.6 Å². The highest BCUT2D eigenvalue weighted by molar-refractivity contribution is 9.10. The monoisotopic (exact) mass is 353 g/mol. The molecule has 2 N–H and O–H groups in total. The first-order valence-electron chi connectivity index (χ1n) is 6.62. The molecule has 6 heteroatoms. The van der Waals surface area contributed by atoms with E-state index >= 15 is 0 Å². The van der Waals surface area contributed by atoms with Gasteiger partial charge in [-0.2, -0.15) is 5.26 Å². The first kappa shape index (κ1) is 17.5. The fourth-order valence-electron chi connectivity index (χ4n) is 1.47. The average Bonchev–Trinajstić information content (AvgIpc) is 2.41. The van der Waals surface area contributed by atoms with Gasteiger partial charge in [-0.05, 0) is 44.5 Å². The number of carbonyl (C=O) groups excluding carboxylic acids is 1. The maximum absolute atomic E-state index is 11.4. The fourth-order valence-corrected chi connectivity index (χ4v) is 1.86. The van der Waals surface area contributed by atoms with Crippen molar-refractivity contribution < 1.29 is 9.53 Å². The molecule has 0 spiro atoms. The Morgan fingerprint density at radius 1 is 1.43 bits per heavy atom. The molecule has 0 fully saturated rings. The van der Waals surface area contributed by atoms with Gasteiger partial charge in [-0.3, -0.25) is 4.79 Å². The standard InChI is InChI=1S/C15H20BrN3O2/c1-15(2,3)19-9-11-8-12(4-5-13(11)16)21-10-14(20)18-7-6-17/h4-5,8,19H,7,9-10H2,1-3H3,(H,18,20). The Hall–Kier alpha value is -1.58. The zero-order chi connectivity index (χ0) is 15.9. The normalized spacial score (nSPS) is 10.8. The largest absolute Gasteiger partial charge is 0.484 e. The lowest BCUT2D eigenvalue weighted by Gasteiger charge is -2.21. The van der Waals surface area contributed by atoms with E-state index in [0.29, 0.717) is 12.3 Å². The van der Waals surface area contributed by atoms with Crippen LogP contribution in [0.1, 0.15) is 26.3 Å². The quantitative estimate of drug-likeness (QED) is 0.769. The molecule has 0 unspecified atom stereocenters. The van der Waals surface area contributed by atoms with Crippen LogP contribution in [0, 0.1) is 11.3 Å². The lowest BCUT2D eigenvalue weighted by atomic mass is 10.1.